The monoisotopic (exact) mass is 328 g/mol. The number of amides is 1. The summed E-state index contributed by atoms with van der Waals surface area (Å²) in [5, 5.41) is 6.53. The first-order chi connectivity index (χ1) is 11.5. The molecule has 1 aliphatic heterocycles. The third-order valence-corrected chi connectivity index (χ3v) is 4.52. The van der Waals surface area contributed by atoms with Crippen molar-refractivity contribution in [1.29, 1.82) is 0 Å². The van der Waals surface area contributed by atoms with Gasteiger partial charge in [-0.3, -0.25) is 9.69 Å². The molecule has 0 atom stereocenters. The van der Waals surface area contributed by atoms with Crippen molar-refractivity contribution in [2.45, 2.75) is 26.8 Å². The predicted octanol–water partition coefficient (Wildman–Crippen LogP) is 2.77. The fourth-order valence-corrected chi connectivity index (χ4v) is 2.91. The van der Waals surface area contributed by atoms with Crippen LogP contribution in [0.5, 0.6) is 0 Å². The van der Waals surface area contributed by atoms with E-state index >= 15 is 0 Å². The van der Waals surface area contributed by atoms with Crippen LogP contribution in [0.15, 0.2) is 35.1 Å². The molecule has 0 spiro atoms. The van der Waals surface area contributed by atoms with E-state index in [1.54, 1.807) is 0 Å². The Balaban J connectivity index is 1.61. The Bertz CT molecular complexity index is 685. The SMILES string of the molecule is Cc1conc1NC(=O)c1ccc(N2CCN(C(C)C)CC2)cc1. The molecule has 24 heavy (non-hydrogen) atoms. The van der Waals surface area contributed by atoms with Gasteiger partial charge in [0.05, 0.1) is 0 Å². The summed E-state index contributed by atoms with van der Waals surface area (Å²) in [6.07, 6.45) is 1.51. The standard InChI is InChI=1S/C18H24N4O2/c1-13(2)21-8-10-22(11-9-21)16-6-4-15(5-7-16)18(23)19-17-14(3)12-24-20-17/h4-7,12-13H,8-11H2,1-3H3,(H,19,20,23). The van der Waals surface area contributed by atoms with Crippen LogP contribution in [0.4, 0.5) is 11.5 Å². The molecule has 0 unspecified atom stereocenters. The van der Waals surface area contributed by atoms with Gasteiger partial charge >= 0.3 is 0 Å². The van der Waals surface area contributed by atoms with Crippen LogP contribution >= 0.6 is 0 Å². The fourth-order valence-electron chi connectivity index (χ4n) is 2.91. The number of carbonyl (C=O) groups excluding carboxylic acids is 1. The van der Waals surface area contributed by atoms with E-state index in [1.165, 1.54) is 6.26 Å². The van der Waals surface area contributed by atoms with Crippen molar-refractivity contribution < 1.29 is 9.32 Å². The highest BCUT2D eigenvalue weighted by Crippen LogP contribution is 2.19. The van der Waals surface area contributed by atoms with E-state index in [2.05, 4.69) is 34.1 Å². The lowest BCUT2D eigenvalue weighted by atomic mass is 10.1. The number of hydrogen-bond donors (Lipinski definition) is 1. The molecule has 2 heterocycles. The Morgan fingerprint density at radius 3 is 2.38 bits per heavy atom. The van der Waals surface area contributed by atoms with Crippen molar-refractivity contribution in [2.24, 2.45) is 0 Å². The highest BCUT2D eigenvalue weighted by atomic mass is 16.5. The van der Waals surface area contributed by atoms with Gasteiger partial charge in [0.2, 0.25) is 0 Å². The first kappa shape index (κ1) is 16.5. The number of aromatic nitrogens is 1. The molecule has 1 aromatic carbocycles. The van der Waals surface area contributed by atoms with Gasteiger partial charge in [0.1, 0.15) is 6.26 Å². The summed E-state index contributed by atoms with van der Waals surface area (Å²) in [5.74, 6) is 0.289. The molecule has 6 heteroatoms. The molecule has 1 aliphatic rings. The highest BCUT2D eigenvalue weighted by Gasteiger charge is 2.19. The molecular formula is C18H24N4O2. The Kier molecular flexibility index (Phi) is 4.85. The maximum atomic E-state index is 12.3. The maximum absolute atomic E-state index is 12.3. The highest BCUT2D eigenvalue weighted by molar-refractivity contribution is 6.04. The number of benzene rings is 1. The molecule has 128 valence electrons. The number of rotatable bonds is 4. The molecule has 1 aromatic heterocycles. The fraction of sp³-hybridized carbons (Fsp3) is 0.444. The van der Waals surface area contributed by atoms with Gasteiger partial charge < -0.3 is 14.7 Å². The zero-order valence-corrected chi connectivity index (χ0v) is 14.5. The summed E-state index contributed by atoms with van der Waals surface area (Å²) in [4.78, 5) is 17.1. The Hall–Kier alpha value is -2.34. The molecule has 0 saturated carbocycles. The van der Waals surface area contributed by atoms with E-state index in [9.17, 15) is 4.79 Å². The summed E-state index contributed by atoms with van der Waals surface area (Å²) in [6.45, 7) is 10.5. The summed E-state index contributed by atoms with van der Waals surface area (Å²) in [6, 6.07) is 8.33. The Morgan fingerprint density at radius 1 is 1.17 bits per heavy atom. The Morgan fingerprint density at radius 2 is 1.83 bits per heavy atom. The van der Waals surface area contributed by atoms with Gasteiger partial charge in [-0.25, -0.2) is 0 Å². The summed E-state index contributed by atoms with van der Waals surface area (Å²) >= 11 is 0. The van der Waals surface area contributed by atoms with Crippen molar-refractivity contribution in [3.05, 3.63) is 41.7 Å². The van der Waals surface area contributed by atoms with Crippen LogP contribution < -0.4 is 10.2 Å². The second kappa shape index (κ2) is 7.05. The lowest BCUT2D eigenvalue weighted by Gasteiger charge is -2.38. The average Bonchev–Trinajstić information content (AvgIpc) is 3.00. The van der Waals surface area contributed by atoms with Crippen molar-refractivity contribution in [3.8, 4) is 0 Å². The van der Waals surface area contributed by atoms with Crippen LogP contribution in [0.2, 0.25) is 0 Å². The topological polar surface area (TPSA) is 61.6 Å². The molecule has 6 nitrogen and oxygen atoms in total. The van der Waals surface area contributed by atoms with Crippen molar-refractivity contribution in [1.82, 2.24) is 10.1 Å². The molecule has 1 amide bonds. The molecule has 0 radical (unpaired) electrons. The van der Waals surface area contributed by atoms with Gasteiger partial charge in [-0.2, -0.15) is 0 Å². The zero-order valence-electron chi connectivity index (χ0n) is 14.5. The molecule has 1 N–H and O–H groups in total. The summed E-state index contributed by atoms with van der Waals surface area (Å²) in [7, 11) is 0. The number of hydrogen-bond acceptors (Lipinski definition) is 5. The van der Waals surface area contributed by atoms with Gasteiger partial charge in [0.15, 0.2) is 5.82 Å². The van der Waals surface area contributed by atoms with Gasteiger partial charge in [-0.1, -0.05) is 5.16 Å². The number of aryl methyl sites for hydroxylation is 1. The molecule has 2 aromatic rings. The minimum atomic E-state index is -0.178. The molecule has 0 aliphatic carbocycles. The third-order valence-electron chi connectivity index (χ3n) is 4.52. The van der Waals surface area contributed by atoms with Crippen LogP contribution in [-0.4, -0.2) is 48.2 Å². The maximum Gasteiger partial charge on any atom is 0.256 e. The first-order valence-corrected chi connectivity index (χ1v) is 8.36. The van der Waals surface area contributed by atoms with Gasteiger partial charge in [-0.05, 0) is 45.0 Å². The van der Waals surface area contributed by atoms with Crippen LogP contribution in [0, 0.1) is 6.92 Å². The van der Waals surface area contributed by atoms with Crippen LogP contribution in [-0.2, 0) is 0 Å². The molecule has 1 fully saturated rings. The van der Waals surface area contributed by atoms with Gasteiger partial charge in [0, 0.05) is 49.0 Å². The second-order valence-corrected chi connectivity index (χ2v) is 6.46. The largest absolute Gasteiger partial charge is 0.369 e. The van der Waals surface area contributed by atoms with Gasteiger partial charge in [-0.15, -0.1) is 0 Å². The molecule has 0 bridgehead atoms. The molecule has 1 saturated heterocycles. The molecular weight excluding hydrogens is 304 g/mol. The lowest BCUT2D eigenvalue weighted by molar-refractivity contribution is 0.102. The lowest BCUT2D eigenvalue weighted by Crippen LogP contribution is -2.48. The minimum absolute atomic E-state index is 0.178. The number of nitrogens with one attached hydrogen (secondary N) is 1. The Labute approximate surface area is 142 Å². The molecule has 3 rings (SSSR count). The number of carbonyl (C=O) groups is 1. The van der Waals surface area contributed by atoms with E-state index < -0.39 is 0 Å². The summed E-state index contributed by atoms with van der Waals surface area (Å²) < 4.78 is 4.83. The van der Waals surface area contributed by atoms with E-state index in [4.69, 9.17) is 4.52 Å². The van der Waals surface area contributed by atoms with Crippen LogP contribution in [0.3, 0.4) is 0 Å². The van der Waals surface area contributed by atoms with E-state index in [-0.39, 0.29) is 5.91 Å². The number of piperazine rings is 1. The quantitative estimate of drug-likeness (QED) is 0.935. The average molecular weight is 328 g/mol. The van der Waals surface area contributed by atoms with Crippen molar-refractivity contribution in [2.75, 3.05) is 36.4 Å². The number of nitrogens with zero attached hydrogens (tertiary/aromatic N) is 3. The minimum Gasteiger partial charge on any atom is -0.369 e. The van der Waals surface area contributed by atoms with E-state index in [0.717, 1.165) is 37.4 Å². The smallest absolute Gasteiger partial charge is 0.256 e. The van der Waals surface area contributed by atoms with Crippen LogP contribution in [0.1, 0.15) is 29.8 Å². The summed E-state index contributed by atoms with van der Waals surface area (Å²) in [5.41, 5.74) is 2.58. The first-order valence-electron chi connectivity index (χ1n) is 8.36. The van der Waals surface area contributed by atoms with Crippen LogP contribution in [0.25, 0.3) is 0 Å². The van der Waals surface area contributed by atoms with Gasteiger partial charge in [0.25, 0.3) is 5.91 Å². The zero-order chi connectivity index (χ0) is 17.1. The van der Waals surface area contributed by atoms with Crippen molar-refractivity contribution in [3.63, 3.8) is 0 Å². The van der Waals surface area contributed by atoms with Crippen molar-refractivity contribution >= 4 is 17.4 Å². The predicted molar refractivity (Wildman–Crippen MR) is 94.6 cm³/mol. The van der Waals surface area contributed by atoms with E-state index in [1.807, 2.05) is 31.2 Å². The normalized spacial score (nSPS) is 15.8. The van der Waals surface area contributed by atoms with E-state index in [0.29, 0.717) is 17.4 Å². The third kappa shape index (κ3) is 3.59. The number of anilines is 2. The second-order valence-electron chi connectivity index (χ2n) is 6.46.